The molecule has 6 atom stereocenters. The van der Waals surface area contributed by atoms with Crippen molar-refractivity contribution in [2.45, 2.75) is 34.3 Å². The quantitative estimate of drug-likeness (QED) is 0.103. The Morgan fingerprint density at radius 1 is 0.444 bits per heavy atom. The summed E-state index contributed by atoms with van der Waals surface area (Å²) in [5.41, 5.74) is 0. The minimum atomic E-state index is -7.74. The normalized spacial score (nSPS) is 35.6. The summed E-state index contributed by atoms with van der Waals surface area (Å²) >= 11 is 0. The molecule has 0 radical (unpaired) electrons. The number of phosphoric acid groups is 3. The van der Waals surface area contributed by atoms with Crippen LogP contribution in [0.2, 0.25) is 0 Å². The van der Waals surface area contributed by atoms with E-state index in [0.717, 1.165) is 0 Å². The van der Waals surface area contributed by atoms with Gasteiger partial charge in [-0.15, -0.1) is 0 Å². The van der Waals surface area contributed by atoms with E-state index in [0.29, 0.717) is 0 Å². The molecule has 0 heterocycles. The smallest absolute Gasteiger partial charge is 0.387 e. The Morgan fingerprint density at radius 2 is 0.694 bits per heavy atom. The number of phosphoric ester groups is 3. The third-order valence-electron chi connectivity index (χ3n) is 4.46. The van der Waals surface area contributed by atoms with Gasteiger partial charge in [-0.1, -0.05) is 0 Å². The maximum Gasteiger partial charge on any atom is 0.471 e. The molecular weight excluding hydrogens is 642 g/mol. The van der Waals surface area contributed by atoms with Gasteiger partial charge in [0.2, 0.25) is 0 Å². The molecule has 1 saturated carbocycles. The van der Waals surface area contributed by atoms with Crippen molar-refractivity contribution in [2.75, 3.05) is 0 Å². The monoisotopic (exact) mass is 660 g/mol. The van der Waals surface area contributed by atoms with Crippen LogP contribution in [0.4, 0.5) is 0 Å². The molecule has 0 amide bonds. The molecule has 216 valence electrons. The van der Waals surface area contributed by atoms with Gasteiger partial charge in [0, 0.05) is 0 Å². The van der Waals surface area contributed by atoms with E-state index in [1.165, 1.54) is 0 Å². The van der Waals surface area contributed by atoms with Crippen LogP contribution in [0.1, 0.15) is 0 Å². The van der Waals surface area contributed by atoms with Crippen molar-refractivity contribution in [1.82, 2.24) is 0 Å². The maximum absolute atomic E-state index is 12.6. The first-order chi connectivity index (χ1) is 15.3. The second-order valence-electron chi connectivity index (χ2n) is 6.79. The third-order valence-corrected chi connectivity index (χ3v) is 11.5. The van der Waals surface area contributed by atoms with Crippen molar-refractivity contribution in [1.29, 1.82) is 0 Å². The fourth-order valence-corrected chi connectivity index (χ4v) is 12.9. The van der Waals surface area contributed by atoms with Gasteiger partial charge in [0.15, 0.2) is 0 Å². The van der Waals surface area contributed by atoms with Crippen LogP contribution >= 0.6 is 46.3 Å². The van der Waals surface area contributed by atoms with Gasteiger partial charge in [-0.25, -0.2) is 13.7 Å². The van der Waals surface area contributed by atoms with Crippen LogP contribution in [0.25, 0.3) is 0 Å². The molecule has 36 heavy (non-hydrogen) atoms. The van der Waals surface area contributed by atoms with Crippen LogP contribution in [0.15, 0.2) is 0 Å². The van der Waals surface area contributed by atoms with Crippen LogP contribution in [0.3, 0.4) is 0 Å². The lowest BCUT2D eigenvalue weighted by atomic mass is 9.83. The van der Waals surface area contributed by atoms with Crippen molar-refractivity contribution in [3.63, 3.8) is 0 Å². The molecule has 0 unspecified atom stereocenters. The molecule has 1 fully saturated rings. The zero-order valence-corrected chi connectivity index (χ0v) is 21.7. The highest BCUT2D eigenvalue weighted by Gasteiger charge is 2.95. The largest absolute Gasteiger partial charge is 0.471 e. The van der Waals surface area contributed by atoms with E-state index in [4.69, 9.17) is 19.6 Å². The molecule has 0 saturated heterocycles. The summed E-state index contributed by atoms with van der Waals surface area (Å²) in [5.74, 6) is 0. The summed E-state index contributed by atoms with van der Waals surface area (Å²) < 4.78 is 83.2. The molecule has 30 heteroatoms. The van der Waals surface area contributed by atoms with Gasteiger partial charge in [0.1, 0.15) is 18.3 Å². The van der Waals surface area contributed by atoms with Gasteiger partial charge in [0.05, 0.1) is 0 Å². The highest BCUT2D eigenvalue weighted by Crippen LogP contribution is 2.85. The lowest BCUT2D eigenvalue weighted by Gasteiger charge is -2.61. The van der Waals surface area contributed by atoms with E-state index in [-0.39, 0.29) is 0 Å². The van der Waals surface area contributed by atoms with E-state index in [1.54, 1.807) is 0 Å². The minimum Gasteiger partial charge on any atom is -0.387 e. The zero-order valence-electron chi connectivity index (χ0n) is 16.3. The van der Waals surface area contributed by atoms with Crippen molar-refractivity contribution >= 4 is 46.3 Å². The van der Waals surface area contributed by atoms with Gasteiger partial charge < -0.3 is 74.0 Å². The highest BCUT2D eigenvalue weighted by molar-refractivity contribution is 7.62. The average molecular weight is 660 g/mol. The van der Waals surface area contributed by atoms with E-state index in [1.807, 2.05) is 0 Å². The summed E-state index contributed by atoms with van der Waals surface area (Å²) in [5, 5.41) is 13.2. The van der Waals surface area contributed by atoms with E-state index >= 15 is 0 Å². The summed E-state index contributed by atoms with van der Waals surface area (Å²) in [6.45, 7) is 0. The summed E-state index contributed by atoms with van der Waals surface area (Å²) in [6.07, 6.45) is -12.1. The Hall–Kier alpha value is 0.660. The fourth-order valence-electron chi connectivity index (χ4n) is 3.51. The zero-order chi connectivity index (χ0) is 29.4. The summed E-state index contributed by atoms with van der Waals surface area (Å²) in [7, 11) is -43.5. The SMILES string of the molecule is O=P(O)(O)O[C@]1(P(=O)(O)O)[C@@](OP(=O)(O)O)(P(=O)(O)O)[C@@H](O)[C@H](O)[C@@H](O)[C@@]1(OP(=O)(O)O)P(=O)(O)O. The molecular formula is C6H18O24P6. The first-order valence-corrected chi connectivity index (χ1v) is 17.3. The van der Waals surface area contributed by atoms with Crippen LogP contribution in [0.5, 0.6) is 0 Å². The van der Waals surface area contributed by atoms with Crippen LogP contribution in [0, 0.1) is 0 Å². The summed E-state index contributed by atoms with van der Waals surface area (Å²) in [6, 6.07) is 0. The first-order valence-electron chi connectivity index (χ1n) is 7.84. The van der Waals surface area contributed by atoms with E-state index in [2.05, 4.69) is 13.6 Å². The Kier molecular flexibility index (Phi) is 9.29. The van der Waals surface area contributed by atoms with Crippen molar-refractivity contribution in [2.24, 2.45) is 0 Å². The molecule has 0 aromatic carbocycles. The highest BCUT2D eigenvalue weighted by atomic mass is 31.2. The standard InChI is InChI=1S/C6H18O24P6/c7-1-2(8)4(31(10,11)12,28-34(19,20)21)6(33(16,17)18,30-36(25,26)27)5(3(1)9,32(13,14)15)29-35(22,23)24/h1-3,7-9H,(H2,10,11,12)(H2,13,14,15)(H2,16,17,18)(H2,19,20,21)(H2,22,23,24)(H2,25,26,27)/t1-,2-,3+,4-,5+,6-. The molecule has 0 aromatic rings. The van der Waals surface area contributed by atoms with Crippen molar-refractivity contribution in [3.8, 4) is 0 Å². The van der Waals surface area contributed by atoms with Crippen LogP contribution in [-0.4, -0.2) is 108 Å². The van der Waals surface area contributed by atoms with Crippen LogP contribution in [-0.2, 0) is 41.0 Å². The molecule has 15 N–H and O–H groups in total. The fraction of sp³-hybridized carbons (Fsp3) is 1.00. The Balaban J connectivity index is 4.93. The molecule has 1 aliphatic rings. The first kappa shape index (κ1) is 34.7. The topological polar surface area (TPSA) is 434 Å². The summed E-state index contributed by atoms with van der Waals surface area (Å²) in [4.78, 5) is 114. The number of rotatable bonds is 9. The Bertz CT molecular complexity index is 1080. The number of aliphatic hydroxyl groups is 3. The Labute approximate surface area is 196 Å². The number of aliphatic hydroxyl groups excluding tert-OH is 3. The maximum atomic E-state index is 12.6. The average Bonchev–Trinajstić information content (AvgIpc) is 2.53. The molecule has 1 rings (SSSR count). The lowest BCUT2D eigenvalue weighted by molar-refractivity contribution is -0.269. The molecule has 1 aliphatic carbocycles. The van der Waals surface area contributed by atoms with Crippen LogP contribution < -0.4 is 0 Å². The predicted octanol–water partition coefficient (Wildman–Crippen LogP) is -4.97. The van der Waals surface area contributed by atoms with Gasteiger partial charge in [-0.05, 0) is 0 Å². The second kappa shape index (κ2) is 9.64. The molecule has 0 aromatic heterocycles. The van der Waals surface area contributed by atoms with E-state index in [9.17, 15) is 81.9 Å². The van der Waals surface area contributed by atoms with Gasteiger partial charge in [-0.3, -0.25) is 27.3 Å². The molecule has 0 spiro atoms. The van der Waals surface area contributed by atoms with Crippen molar-refractivity contribution < 1.29 is 115 Å². The predicted molar refractivity (Wildman–Crippen MR) is 102 cm³/mol. The Morgan fingerprint density at radius 3 is 0.861 bits per heavy atom. The molecule has 24 nitrogen and oxygen atoms in total. The molecule has 0 bridgehead atoms. The lowest BCUT2D eigenvalue weighted by Crippen LogP contribution is -2.83. The molecule has 0 aliphatic heterocycles. The van der Waals surface area contributed by atoms with Gasteiger partial charge in [-0.2, -0.15) is 0 Å². The second-order valence-corrected chi connectivity index (χ2v) is 15.5. The van der Waals surface area contributed by atoms with Crippen molar-refractivity contribution in [3.05, 3.63) is 0 Å². The minimum absolute atomic E-state index is 3.55. The number of hydrogen-bond donors (Lipinski definition) is 15. The van der Waals surface area contributed by atoms with E-state index < -0.39 is 80.6 Å². The van der Waals surface area contributed by atoms with Gasteiger partial charge >= 0.3 is 46.3 Å². The number of hydrogen-bond acceptors (Lipinski definition) is 12. The van der Waals surface area contributed by atoms with Gasteiger partial charge in [0.25, 0.3) is 16.0 Å². The third kappa shape index (κ3) is 5.61.